The molecular weight excluding hydrogens is 384 g/mol. The van der Waals surface area contributed by atoms with E-state index in [1.54, 1.807) is 16.4 Å². The molecular formula is C22H28N4O2S. The van der Waals surface area contributed by atoms with Gasteiger partial charge in [0.1, 0.15) is 5.82 Å². The summed E-state index contributed by atoms with van der Waals surface area (Å²) in [4.78, 5) is 25.4. The van der Waals surface area contributed by atoms with Gasteiger partial charge in [0.05, 0.1) is 11.4 Å². The number of benzene rings is 1. The number of nitrogens with one attached hydrogen (secondary N) is 2. The molecule has 154 valence electrons. The van der Waals surface area contributed by atoms with Gasteiger partial charge in [-0.1, -0.05) is 39.0 Å². The number of nitrogens with zero attached hydrogens (tertiary/aromatic N) is 2. The predicted octanol–water partition coefficient (Wildman–Crippen LogP) is 3.89. The fourth-order valence-electron chi connectivity index (χ4n) is 4.77. The quantitative estimate of drug-likeness (QED) is 0.750. The van der Waals surface area contributed by atoms with Crippen LogP contribution in [0.25, 0.3) is 5.69 Å². The number of thioether (sulfide) groups is 1. The summed E-state index contributed by atoms with van der Waals surface area (Å²) in [5, 5.41) is 10.5. The fourth-order valence-corrected chi connectivity index (χ4v) is 5.80. The van der Waals surface area contributed by atoms with Crippen molar-refractivity contribution in [2.45, 2.75) is 57.6 Å². The first kappa shape index (κ1) is 20.0. The maximum absolute atomic E-state index is 12.7. The Balaban J connectivity index is 1.51. The van der Waals surface area contributed by atoms with Gasteiger partial charge in [0, 0.05) is 23.1 Å². The zero-order valence-electron chi connectivity index (χ0n) is 17.2. The Kier molecular flexibility index (Phi) is 5.42. The first-order valence-electron chi connectivity index (χ1n) is 10.2. The molecule has 1 aromatic carbocycles. The molecule has 29 heavy (non-hydrogen) atoms. The lowest BCUT2D eigenvalue weighted by atomic mass is 9.70. The molecule has 0 bridgehead atoms. The summed E-state index contributed by atoms with van der Waals surface area (Å²) >= 11 is 1.76. The lowest BCUT2D eigenvalue weighted by molar-refractivity contribution is -0.137. The van der Waals surface area contributed by atoms with Crippen LogP contribution < -0.4 is 10.6 Å². The van der Waals surface area contributed by atoms with Crippen LogP contribution in [0, 0.1) is 11.3 Å². The molecule has 0 saturated heterocycles. The molecule has 2 heterocycles. The first-order chi connectivity index (χ1) is 13.8. The molecule has 4 rings (SSSR count). The van der Waals surface area contributed by atoms with E-state index in [-0.39, 0.29) is 11.5 Å². The van der Waals surface area contributed by atoms with E-state index >= 15 is 0 Å². The third-order valence-electron chi connectivity index (χ3n) is 5.71. The lowest BCUT2D eigenvalue weighted by Gasteiger charge is -2.39. The number of aromatic nitrogens is 2. The van der Waals surface area contributed by atoms with E-state index in [9.17, 15) is 9.59 Å². The molecule has 6 nitrogen and oxygen atoms in total. The molecule has 7 heteroatoms. The van der Waals surface area contributed by atoms with Crippen LogP contribution in [0.3, 0.4) is 0 Å². The number of carbonyl (C=O) groups is 2. The van der Waals surface area contributed by atoms with E-state index in [1.807, 2.05) is 30.3 Å². The number of rotatable bonds is 3. The van der Waals surface area contributed by atoms with Crippen LogP contribution in [-0.4, -0.2) is 27.6 Å². The van der Waals surface area contributed by atoms with Gasteiger partial charge >= 0.3 is 11.8 Å². The number of hydrogen-bond acceptors (Lipinski definition) is 4. The Hall–Kier alpha value is -2.28. The maximum atomic E-state index is 12.7. The zero-order valence-corrected chi connectivity index (χ0v) is 18.0. The monoisotopic (exact) mass is 412 g/mol. The number of fused-ring (bicyclic) bond motifs is 1. The Morgan fingerprint density at radius 1 is 1.14 bits per heavy atom. The third kappa shape index (κ3) is 4.34. The van der Waals surface area contributed by atoms with Crippen molar-refractivity contribution in [1.29, 1.82) is 0 Å². The van der Waals surface area contributed by atoms with Crippen molar-refractivity contribution in [3.05, 3.63) is 41.6 Å². The van der Waals surface area contributed by atoms with Gasteiger partial charge in [-0.05, 0) is 42.7 Å². The van der Waals surface area contributed by atoms with Gasteiger partial charge in [-0.25, -0.2) is 4.68 Å². The maximum Gasteiger partial charge on any atom is 0.314 e. The summed E-state index contributed by atoms with van der Waals surface area (Å²) < 4.78 is 1.74. The Labute approximate surface area is 175 Å². The summed E-state index contributed by atoms with van der Waals surface area (Å²) in [6.45, 7) is 6.65. The second kappa shape index (κ2) is 7.86. The molecule has 1 fully saturated rings. The Morgan fingerprint density at radius 2 is 1.90 bits per heavy atom. The van der Waals surface area contributed by atoms with Crippen LogP contribution in [-0.2, 0) is 21.1 Å². The van der Waals surface area contributed by atoms with E-state index < -0.39 is 11.8 Å². The van der Waals surface area contributed by atoms with Crippen molar-refractivity contribution in [2.75, 3.05) is 5.32 Å². The second-order valence-corrected chi connectivity index (χ2v) is 10.0. The number of amides is 2. The van der Waals surface area contributed by atoms with Gasteiger partial charge < -0.3 is 10.6 Å². The summed E-state index contributed by atoms with van der Waals surface area (Å²) in [6, 6.07) is 9.72. The molecule has 2 unspecified atom stereocenters. The molecule has 2 amide bonds. The Bertz CT molecular complexity index is 922. The largest absolute Gasteiger partial charge is 0.345 e. The van der Waals surface area contributed by atoms with E-state index in [1.165, 1.54) is 0 Å². The molecule has 0 radical (unpaired) electrons. The van der Waals surface area contributed by atoms with Gasteiger partial charge in [-0.2, -0.15) is 16.9 Å². The van der Waals surface area contributed by atoms with E-state index in [4.69, 9.17) is 0 Å². The van der Waals surface area contributed by atoms with Crippen LogP contribution in [0.1, 0.15) is 51.3 Å². The highest BCUT2D eigenvalue weighted by Crippen LogP contribution is 2.38. The smallest absolute Gasteiger partial charge is 0.314 e. The minimum atomic E-state index is -0.627. The molecule has 0 spiro atoms. The number of anilines is 1. The normalized spacial score (nSPS) is 22.7. The van der Waals surface area contributed by atoms with Crippen LogP contribution in [0.5, 0.6) is 0 Å². The van der Waals surface area contributed by atoms with Crippen LogP contribution in [0.15, 0.2) is 30.3 Å². The fraction of sp³-hybridized carbons (Fsp3) is 0.500. The molecule has 1 saturated carbocycles. The van der Waals surface area contributed by atoms with Gasteiger partial charge in [0.2, 0.25) is 0 Å². The minimum Gasteiger partial charge on any atom is -0.345 e. The highest BCUT2D eigenvalue weighted by atomic mass is 32.2. The van der Waals surface area contributed by atoms with Crippen molar-refractivity contribution >= 4 is 29.4 Å². The molecule has 1 aromatic heterocycles. The van der Waals surface area contributed by atoms with Gasteiger partial charge in [0.15, 0.2) is 0 Å². The van der Waals surface area contributed by atoms with Crippen LogP contribution in [0.4, 0.5) is 5.82 Å². The number of hydrogen-bond donors (Lipinski definition) is 2. The topological polar surface area (TPSA) is 76.0 Å². The Morgan fingerprint density at radius 3 is 2.62 bits per heavy atom. The molecule has 2 aromatic rings. The lowest BCUT2D eigenvalue weighted by Crippen LogP contribution is -2.46. The average Bonchev–Trinajstić information content (AvgIpc) is 3.23. The summed E-state index contributed by atoms with van der Waals surface area (Å²) in [6.07, 6.45) is 2.95. The second-order valence-electron chi connectivity index (χ2n) is 9.05. The highest BCUT2D eigenvalue weighted by Gasteiger charge is 2.34. The third-order valence-corrected chi connectivity index (χ3v) is 6.68. The molecule has 2 atom stereocenters. The summed E-state index contributed by atoms with van der Waals surface area (Å²) in [7, 11) is 0. The van der Waals surface area contributed by atoms with Crippen molar-refractivity contribution < 1.29 is 9.59 Å². The first-order valence-corrected chi connectivity index (χ1v) is 11.3. The summed E-state index contributed by atoms with van der Waals surface area (Å²) in [5.41, 5.74) is 3.02. The van der Waals surface area contributed by atoms with Crippen molar-refractivity contribution in [3.8, 4) is 5.69 Å². The molecule has 1 aliphatic carbocycles. The van der Waals surface area contributed by atoms with Gasteiger partial charge in [0.25, 0.3) is 0 Å². The minimum absolute atomic E-state index is 0.0345. The molecule has 1 aliphatic heterocycles. The summed E-state index contributed by atoms with van der Waals surface area (Å²) in [5.74, 6) is 1.55. The highest BCUT2D eigenvalue weighted by molar-refractivity contribution is 7.98. The van der Waals surface area contributed by atoms with Gasteiger partial charge in [-0.3, -0.25) is 9.59 Å². The molecule has 2 N–H and O–H groups in total. The van der Waals surface area contributed by atoms with Crippen molar-refractivity contribution in [1.82, 2.24) is 15.1 Å². The van der Waals surface area contributed by atoms with Crippen LogP contribution in [0.2, 0.25) is 0 Å². The van der Waals surface area contributed by atoms with E-state index in [2.05, 4.69) is 36.5 Å². The molecule has 2 aliphatic rings. The average molecular weight is 413 g/mol. The number of carbonyl (C=O) groups excluding carboxylic acids is 2. The van der Waals surface area contributed by atoms with Crippen molar-refractivity contribution in [2.24, 2.45) is 11.3 Å². The van der Waals surface area contributed by atoms with Crippen LogP contribution >= 0.6 is 11.8 Å². The van der Waals surface area contributed by atoms with E-state index in [0.717, 1.165) is 47.7 Å². The zero-order chi connectivity index (χ0) is 20.6. The SMILES string of the molecule is CC1CC(NC(=O)C(=O)Nc2c3c(nn2-c2ccccc2)CSC3)CC(C)(C)C1. The standard InChI is InChI=1S/C22H28N4O2S/c1-14-9-15(11-22(2,3)10-14)23-20(27)21(28)24-19-17-12-29-13-18(17)25-26(19)16-7-5-4-6-8-16/h4-8,14-15H,9-13H2,1-3H3,(H,23,27)(H,24,28). The van der Waals surface area contributed by atoms with E-state index in [0.29, 0.717) is 11.7 Å². The van der Waals surface area contributed by atoms with Gasteiger partial charge in [-0.15, -0.1) is 0 Å². The predicted molar refractivity (Wildman–Crippen MR) is 116 cm³/mol. The number of para-hydroxylation sites is 1. The van der Waals surface area contributed by atoms with Crippen molar-refractivity contribution in [3.63, 3.8) is 0 Å².